The third-order valence-electron chi connectivity index (χ3n) is 4.55. The van der Waals surface area contributed by atoms with Crippen molar-refractivity contribution >= 4 is 11.6 Å². The SMILES string of the molecule is Cc1noc(CN=C(NCCc2cccc(F)c2)Nc2ccc3c(c2)OCCCO3)n1. The molecule has 0 saturated carbocycles. The lowest BCUT2D eigenvalue weighted by Gasteiger charge is -2.14. The molecule has 0 fully saturated rings. The largest absolute Gasteiger partial charge is 0.490 e. The van der Waals surface area contributed by atoms with Crippen LogP contribution in [0.25, 0.3) is 0 Å². The maximum absolute atomic E-state index is 13.4. The van der Waals surface area contributed by atoms with Crippen molar-refractivity contribution in [2.24, 2.45) is 4.99 Å². The monoisotopic (exact) mass is 425 g/mol. The predicted molar refractivity (Wildman–Crippen MR) is 114 cm³/mol. The molecule has 3 aromatic rings. The highest BCUT2D eigenvalue weighted by Gasteiger charge is 2.12. The van der Waals surface area contributed by atoms with Crippen LogP contribution in [0, 0.1) is 12.7 Å². The van der Waals surface area contributed by atoms with Gasteiger partial charge in [-0.1, -0.05) is 17.3 Å². The molecule has 0 aliphatic carbocycles. The molecule has 0 spiro atoms. The van der Waals surface area contributed by atoms with Crippen molar-refractivity contribution < 1.29 is 18.4 Å². The number of aromatic nitrogens is 2. The Morgan fingerprint density at radius 3 is 2.81 bits per heavy atom. The molecule has 2 aromatic carbocycles. The first-order valence-corrected chi connectivity index (χ1v) is 10.1. The minimum absolute atomic E-state index is 0.223. The van der Waals surface area contributed by atoms with Gasteiger partial charge in [0.2, 0.25) is 5.89 Å². The molecule has 1 aliphatic heterocycles. The summed E-state index contributed by atoms with van der Waals surface area (Å²) in [5.41, 5.74) is 1.69. The molecule has 0 bridgehead atoms. The van der Waals surface area contributed by atoms with E-state index in [4.69, 9.17) is 14.0 Å². The van der Waals surface area contributed by atoms with Gasteiger partial charge >= 0.3 is 0 Å². The van der Waals surface area contributed by atoms with Gasteiger partial charge in [-0.15, -0.1) is 0 Å². The van der Waals surface area contributed by atoms with E-state index < -0.39 is 0 Å². The Bertz CT molecular complexity index is 1050. The number of fused-ring (bicyclic) bond motifs is 1. The molecule has 4 rings (SSSR count). The maximum atomic E-state index is 13.4. The fraction of sp³-hybridized carbons (Fsp3) is 0.318. The highest BCUT2D eigenvalue weighted by molar-refractivity contribution is 5.93. The minimum atomic E-state index is -0.247. The van der Waals surface area contributed by atoms with E-state index in [1.807, 2.05) is 24.3 Å². The Morgan fingerprint density at radius 1 is 1.13 bits per heavy atom. The molecular formula is C22H24FN5O3. The van der Waals surface area contributed by atoms with E-state index in [9.17, 15) is 4.39 Å². The number of ether oxygens (including phenoxy) is 2. The molecule has 9 heteroatoms. The van der Waals surface area contributed by atoms with Crippen LogP contribution in [0.3, 0.4) is 0 Å². The highest BCUT2D eigenvalue weighted by atomic mass is 19.1. The first kappa shape index (κ1) is 20.6. The standard InChI is InChI=1S/C22H24FN5O3/c1-15-26-21(31-28-15)14-25-22(24-9-8-16-4-2-5-17(23)12-16)27-18-6-7-19-20(13-18)30-11-3-10-29-19/h2,4-7,12-13H,3,8-11,14H2,1H3,(H2,24,25,27). The minimum Gasteiger partial charge on any atom is -0.490 e. The summed E-state index contributed by atoms with van der Waals surface area (Å²) >= 11 is 0. The van der Waals surface area contributed by atoms with Crippen molar-refractivity contribution in [2.75, 3.05) is 25.1 Å². The topological polar surface area (TPSA) is 93.8 Å². The first-order chi connectivity index (χ1) is 15.2. The molecule has 162 valence electrons. The number of aliphatic imine (C=N–C) groups is 1. The van der Waals surface area contributed by atoms with Gasteiger partial charge in [-0.05, 0) is 43.2 Å². The second-order valence-corrected chi connectivity index (χ2v) is 7.04. The number of halogens is 1. The molecule has 2 N–H and O–H groups in total. The maximum Gasteiger partial charge on any atom is 0.248 e. The fourth-order valence-electron chi connectivity index (χ4n) is 3.09. The van der Waals surface area contributed by atoms with Gasteiger partial charge < -0.3 is 24.6 Å². The Morgan fingerprint density at radius 2 is 2.00 bits per heavy atom. The molecule has 31 heavy (non-hydrogen) atoms. The second-order valence-electron chi connectivity index (χ2n) is 7.04. The molecule has 1 aromatic heterocycles. The Kier molecular flexibility index (Phi) is 6.61. The molecule has 0 atom stereocenters. The van der Waals surface area contributed by atoms with Crippen LogP contribution in [0.15, 0.2) is 52.0 Å². The van der Waals surface area contributed by atoms with Crippen LogP contribution >= 0.6 is 0 Å². The van der Waals surface area contributed by atoms with E-state index in [0.717, 1.165) is 23.4 Å². The number of hydrogen-bond donors (Lipinski definition) is 2. The van der Waals surface area contributed by atoms with Gasteiger partial charge in [-0.2, -0.15) is 4.98 Å². The van der Waals surface area contributed by atoms with Gasteiger partial charge in [-0.25, -0.2) is 9.38 Å². The molecule has 1 aliphatic rings. The van der Waals surface area contributed by atoms with Gasteiger partial charge in [-0.3, -0.25) is 0 Å². The number of hydrogen-bond acceptors (Lipinski definition) is 6. The first-order valence-electron chi connectivity index (χ1n) is 10.1. The Labute approximate surface area is 179 Å². The van der Waals surface area contributed by atoms with Crippen molar-refractivity contribution in [3.8, 4) is 11.5 Å². The summed E-state index contributed by atoms with van der Waals surface area (Å²) in [5.74, 6) is 2.67. The zero-order chi connectivity index (χ0) is 21.5. The average Bonchev–Trinajstić information content (AvgIpc) is 3.03. The Hall–Kier alpha value is -3.62. The van der Waals surface area contributed by atoms with Crippen molar-refractivity contribution in [1.82, 2.24) is 15.5 Å². The summed E-state index contributed by atoms with van der Waals surface area (Å²) in [6, 6.07) is 12.2. The summed E-state index contributed by atoms with van der Waals surface area (Å²) in [6.07, 6.45) is 1.48. The van der Waals surface area contributed by atoms with Crippen molar-refractivity contribution in [3.05, 3.63) is 65.6 Å². The van der Waals surface area contributed by atoms with Crippen molar-refractivity contribution in [2.45, 2.75) is 26.3 Å². The van der Waals surface area contributed by atoms with Crippen LogP contribution in [0.2, 0.25) is 0 Å². The van der Waals surface area contributed by atoms with Crippen LogP contribution in [-0.2, 0) is 13.0 Å². The highest BCUT2D eigenvalue weighted by Crippen LogP contribution is 2.32. The van der Waals surface area contributed by atoms with E-state index in [0.29, 0.717) is 49.6 Å². The quantitative estimate of drug-likeness (QED) is 0.461. The number of rotatable bonds is 6. The van der Waals surface area contributed by atoms with Crippen molar-refractivity contribution in [3.63, 3.8) is 0 Å². The molecular weight excluding hydrogens is 401 g/mol. The second kappa shape index (κ2) is 9.92. The van der Waals surface area contributed by atoms with Gasteiger partial charge in [0.1, 0.15) is 12.4 Å². The van der Waals surface area contributed by atoms with E-state index in [2.05, 4.69) is 25.8 Å². The van der Waals surface area contributed by atoms with Gasteiger partial charge in [0.25, 0.3) is 0 Å². The molecule has 0 radical (unpaired) electrons. The number of nitrogens with zero attached hydrogens (tertiary/aromatic N) is 3. The number of guanidine groups is 1. The predicted octanol–water partition coefficient (Wildman–Crippen LogP) is 3.48. The zero-order valence-corrected chi connectivity index (χ0v) is 17.2. The third-order valence-corrected chi connectivity index (χ3v) is 4.55. The summed E-state index contributed by atoms with van der Waals surface area (Å²) in [7, 11) is 0. The molecule has 0 saturated heterocycles. The molecule has 8 nitrogen and oxygen atoms in total. The van der Waals surface area contributed by atoms with Gasteiger partial charge in [0.15, 0.2) is 23.3 Å². The van der Waals surface area contributed by atoms with Crippen LogP contribution < -0.4 is 20.1 Å². The van der Waals surface area contributed by atoms with E-state index >= 15 is 0 Å². The van der Waals surface area contributed by atoms with E-state index in [1.54, 1.807) is 13.0 Å². The number of aryl methyl sites for hydroxylation is 1. The van der Waals surface area contributed by atoms with E-state index in [-0.39, 0.29) is 12.4 Å². The summed E-state index contributed by atoms with van der Waals surface area (Å²) in [5, 5.41) is 10.3. The molecule has 0 amide bonds. The van der Waals surface area contributed by atoms with Gasteiger partial charge in [0.05, 0.1) is 13.2 Å². The molecule has 0 unspecified atom stereocenters. The van der Waals surface area contributed by atoms with Crippen molar-refractivity contribution in [1.29, 1.82) is 0 Å². The number of benzene rings is 2. The van der Waals surface area contributed by atoms with Crippen LogP contribution in [0.4, 0.5) is 10.1 Å². The average molecular weight is 425 g/mol. The summed E-state index contributed by atoms with van der Waals surface area (Å²) in [4.78, 5) is 8.71. The zero-order valence-electron chi connectivity index (χ0n) is 17.2. The Balaban J connectivity index is 1.45. The third kappa shape index (κ3) is 5.94. The summed E-state index contributed by atoms with van der Waals surface area (Å²) in [6.45, 7) is 3.78. The lowest BCUT2D eigenvalue weighted by molar-refractivity contribution is 0.297. The number of anilines is 1. The van der Waals surface area contributed by atoms with Gasteiger partial charge in [0, 0.05) is 24.7 Å². The fourth-order valence-corrected chi connectivity index (χ4v) is 3.09. The lowest BCUT2D eigenvalue weighted by atomic mass is 10.1. The smallest absolute Gasteiger partial charge is 0.248 e. The van der Waals surface area contributed by atoms with E-state index in [1.165, 1.54) is 12.1 Å². The lowest BCUT2D eigenvalue weighted by Crippen LogP contribution is -2.32. The van der Waals surface area contributed by atoms with Crippen LogP contribution in [0.1, 0.15) is 23.7 Å². The number of nitrogens with one attached hydrogen (secondary N) is 2. The summed E-state index contributed by atoms with van der Waals surface area (Å²) < 4.78 is 30.0. The normalized spacial score (nSPS) is 13.5. The molecule has 2 heterocycles. The van der Waals surface area contributed by atoms with Crippen LogP contribution in [0.5, 0.6) is 11.5 Å². The van der Waals surface area contributed by atoms with Crippen LogP contribution in [-0.4, -0.2) is 35.9 Å².